The van der Waals surface area contributed by atoms with Crippen LogP contribution in [0.25, 0.3) is 0 Å². The number of aryl methyl sites for hydroxylation is 2. The number of hydrazine groups is 1. The normalized spacial score (nSPS) is 12.6. The largest absolute Gasteiger partial charge is 0.271 e. The Morgan fingerprint density at radius 2 is 2.26 bits per heavy atom. The van der Waals surface area contributed by atoms with Crippen molar-refractivity contribution in [2.24, 2.45) is 5.84 Å². The van der Waals surface area contributed by atoms with Gasteiger partial charge in [-0.15, -0.1) is 5.10 Å². The van der Waals surface area contributed by atoms with Gasteiger partial charge in [0, 0.05) is 12.1 Å². The van der Waals surface area contributed by atoms with Gasteiger partial charge >= 0.3 is 0 Å². The first kappa shape index (κ1) is 13.6. The van der Waals surface area contributed by atoms with Gasteiger partial charge in [-0.25, -0.2) is 14.5 Å². The van der Waals surface area contributed by atoms with Crippen LogP contribution in [0.2, 0.25) is 0 Å². The van der Waals surface area contributed by atoms with Crippen molar-refractivity contribution in [3.05, 3.63) is 47.0 Å². The number of nitrogens with zero attached hydrogens (tertiary/aromatic N) is 3. The van der Waals surface area contributed by atoms with E-state index in [-0.39, 0.29) is 5.82 Å². The Kier molecular flexibility index (Phi) is 4.24. The van der Waals surface area contributed by atoms with Gasteiger partial charge in [-0.1, -0.05) is 30.3 Å². The lowest BCUT2D eigenvalue weighted by molar-refractivity contribution is 0.495. The van der Waals surface area contributed by atoms with Crippen LogP contribution in [0.5, 0.6) is 0 Å². The number of rotatable bonds is 5. The van der Waals surface area contributed by atoms with Gasteiger partial charge in [-0.2, -0.15) is 0 Å². The van der Waals surface area contributed by atoms with Crippen LogP contribution in [0.3, 0.4) is 0 Å². The smallest absolute Gasteiger partial charge is 0.131 e. The van der Waals surface area contributed by atoms with Crippen LogP contribution in [0.15, 0.2) is 24.4 Å². The maximum atomic E-state index is 14.2. The maximum absolute atomic E-state index is 14.2. The zero-order valence-electron chi connectivity index (χ0n) is 11.1. The van der Waals surface area contributed by atoms with E-state index in [1.54, 1.807) is 29.9 Å². The molecule has 1 atom stereocenters. The Morgan fingerprint density at radius 1 is 1.47 bits per heavy atom. The fourth-order valence-corrected chi connectivity index (χ4v) is 2.10. The second-order valence-electron chi connectivity index (χ2n) is 4.46. The van der Waals surface area contributed by atoms with Crippen molar-refractivity contribution >= 4 is 0 Å². The SMILES string of the molecule is CCCn1nncc1C(NN)c1cccc(C)c1F. The fraction of sp³-hybridized carbons (Fsp3) is 0.385. The molecule has 0 aliphatic heterocycles. The molecule has 0 aliphatic carbocycles. The van der Waals surface area contributed by atoms with Crippen LogP contribution >= 0.6 is 0 Å². The first-order valence-corrected chi connectivity index (χ1v) is 6.28. The maximum Gasteiger partial charge on any atom is 0.131 e. The average molecular weight is 263 g/mol. The molecule has 1 unspecified atom stereocenters. The molecular formula is C13H18FN5. The van der Waals surface area contributed by atoms with Gasteiger partial charge < -0.3 is 0 Å². The average Bonchev–Trinajstić information content (AvgIpc) is 2.84. The Balaban J connectivity index is 2.44. The van der Waals surface area contributed by atoms with Crippen LogP contribution in [0.4, 0.5) is 4.39 Å². The summed E-state index contributed by atoms with van der Waals surface area (Å²) >= 11 is 0. The second kappa shape index (κ2) is 5.90. The fourth-order valence-electron chi connectivity index (χ4n) is 2.10. The number of nitrogens with two attached hydrogens (primary N) is 1. The van der Waals surface area contributed by atoms with Gasteiger partial charge in [0.15, 0.2) is 0 Å². The standard InChI is InChI=1S/C13H18FN5/c1-3-7-19-11(8-16-18-19)13(17-15)10-6-4-5-9(2)12(10)14/h4-6,8,13,17H,3,7,15H2,1-2H3. The van der Waals surface area contributed by atoms with E-state index in [0.29, 0.717) is 11.1 Å². The summed E-state index contributed by atoms with van der Waals surface area (Å²) in [5.41, 5.74) is 4.50. The molecule has 6 heteroatoms. The number of aromatic nitrogens is 3. The number of benzene rings is 1. The lowest BCUT2D eigenvalue weighted by Gasteiger charge is -2.18. The minimum absolute atomic E-state index is 0.255. The van der Waals surface area contributed by atoms with E-state index in [2.05, 4.69) is 15.7 Å². The monoisotopic (exact) mass is 263 g/mol. The molecule has 2 rings (SSSR count). The summed E-state index contributed by atoms with van der Waals surface area (Å²) in [7, 11) is 0. The number of hydrogen-bond acceptors (Lipinski definition) is 4. The lowest BCUT2D eigenvalue weighted by atomic mass is 10.0. The molecule has 0 aliphatic rings. The van der Waals surface area contributed by atoms with Gasteiger partial charge in [-0.05, 0) is 18.9 Å². The third kappa shape index (κ3) is 2.64. The summed E-state index contributed by atoms with van der Waals surface area (Å²) < 4.78 is 15.9. The Bertz CT molecular complexity index is 552. The minimum Gasteiger partial charge on any atom is -0.271 e. The predicted octanol–water partition coefficient (Wildman–Crippen LogP) is 1.69. The van der Waals surface area contributed by atoms with Gasteiger partial charge in [-0.3, -0.25) is 5.84 Å². The zero-order chi connectivity index (χ0) is 13.8. The number of halogens is 1. The third-order valence-corrected chi connectivity index (χ3v) is 3.08. The van der Waals surface area contributed by atoms with Crippen LogP contribution < -0.4 is 11.3 Å². The van der Waals surface area contributed by atoms with Crippen molar-refractivity contribution in [2.45, 2.75) is 32.9 Å². The molecule has 1 heterocycles. The topological polar surface area (TPSA) is 68.8 Å². The van der Waals surface area contributed by atoms with Crippen molar-refractivity contribution in [2.75, 3.05) is 0 Å². The summed E-state index contributed by atoms with van der Waals surface area (Å²) in [6.45, 7) is 4.50. The van der Waals surface area contributed by atoms with Gasteiger partial charge in [0.2, 0.25) is 0 Å². The highest BCUT2D eigenvalue weighted by Crippen LogP contribution is 2.24. The highest BCUT2D eigenvalue weighted by molar-refractivity contribution is 5.32. The Morgan fingerprint density at radius 3 is 2.95 bits per heavy atom. The van der Waals surface area contributed by atoms with Crippen molar-refractivity contribution < 1.29 is 4.39 Å². The highest BCUT2D eigenvalue weighted by atomic mass is 19.1. The van der Waals surface area contributed by atoms with E-state index < -0.39 is 6.04 Å². The molecule has 0 radical (unpaired) electrons. The molecule has 0 bridgehead atoms. The summed E-state index contributed by atoms with van der Waals surface area (Å²) in [4.78, 5) is 0. The first-order chi connectivity index (χ1) is 9.19. The van der Waals surface area contributed by atoms with Crippen LogP contribution in [-0.4, -0.2) is 15.0 Å². The second-order valence-corrected chi connectivity index (χ2v) is 4.46. The molecule has 1 aromatic carbocycles. The molecule has 3 N–H and O–H groups in total. The van der Waals surface area contributed by atoms with Crippen molar-refractivity contribution in [3.63, 3.8) is 0 Å². The van der Waals surface area contributed by atoms with E-state index in [1.165, 1.54) is 0 Å². The Labute approximate surface area is 111 Å². The highest BCUT2D eigenvalue weighted by Gasteiger charge is 2.21. The molecule has 102 valence electrons. The molecule has 0 saturated carbocycles. The molecule has 5 nitrogen and oxygen atoms in total. The summed E-state index contributed by atoms with van der Waals surface area (Å²) in [6, 6.07) is 4.80. The zero-order valence-corrected chi connectivity index (χ0v) is 11.1. The first-order valence-electron chi connectivity index (χ1n) is 6.28. The minimum atomic E-state index is -0.457. The molecule has 19 heavy (non-hydrogen) atoms. The molecule has 0 spiro atoms. The van der Waals surface area contributed by atoms with Crippen molar-refractivity contribution in [3.8, 4) is 0 Å². The molecule has 2 aromatic rings. The van der Waals surface area contributed by atoms with Gasteiger partial charge in [0.05, 0.1) is 17.9 Å². The quantitative estimate of drug-likeness (QED) is 0.636. The molecule has 0 amide bonds. The van der Waals surface area contributed by atoms with Crippen LogP contribution in [-0.2, 0) is 6.54 Å². The van der Waals surface area contributed by atoms with Gasteiger partial charge in [0.1, 0.15) is 5.82 Å². The van der Waals surface area contributed by atoms with Crippen molar-refractivity contribution in [1.82, 2.24) is 20.4 Å². The summed E-state index contributed by atoms with van der Waals surface area (Å²) in [5, 5.41) is 7.88. The van der Waals surface area contributed by atoms with E-state index >= 15 is 0 Å². The van der Waals surface area contributed by atoms with E-state index in [4.69, 9.17) is 5.84 Å². The van der Waals surface area contributed by atoms with E-state index in [0.717, 1.165) is 18.7 Å². The number of nitrogens with one attached hydrogen (secondary N) is 1. The molecule has 0 saturated heterocycles. The summed E-state index contributed by atoms with van der Waals surface area (Å²) in [6.07, 6.45) is 2.53. The third-order valence-electron chi connectivity index (χ3n) is 3.08. The molecular weight excluding hydrogens is 245 g/mol. The summed E-state index contributed by atoms with van der Waals surface area (Å²) in [5.74, 6) is 5.34. The van der Waals surface area contributed by atoms with Crippen LogP contribution in [0.1, 0.15) is 36.2 Å². The predicted molar refractivity (Wildman–Crippen MR) is 70.6 cm³/mol. The van der Waals surface area contributed by atoms with Crippen molar-refractivity contribution in [1.29, 1.82) is 0 Å². The van der Waals surface area contributed by atoms with E-state index in [1.807, 2.05) is 13.0 Å². The lowest BCUT2D eigenvalue weighted by Crippen LogP contribution is -2.31. The van der Waals surface area contributed by atoms with Gasteiger partial charge in [0.25, 0.3) is 0 Å². The van der Waals surface area contributed by atoms with E-state index in [9.17, 15) is 4.39 Å². The molecule has 0 fully saturated rings. The van der Waals surface area contributed by atoms with Crippen LogP contribution in [0, 0.1) is 12.7 Å². The Hall–Kier alpha value is -1.79. The molecule has 1 aromatic heterocycles. The number of hydrogen-bond donors (Lipinski definition) is 2.